The van der Waals surface area contributed by atoms with Gasteiger partial charge in [0.2, 0.25) is 0 Å². The van der Waals surface area contributed by atoms with Crippen LogP contribution in [-0.2, 0) is 38.1 Å². The summed E-state index contributed by atoms with van der Waals surface area (Å²) in [6.45, 7) is 8.69. The van der Waals surface area contributed by atoms with Crippen LogP contribution in [-0.4, -0.2) is 135 Å². The van der Waals surface area contributed by atoms with Gasteiger partial charge in [0.1, 0.15) is 24.9 Å². The first-order valence-electron chi connectivity index (χ1n) is 19.7. The van der Waals surface area contributed by atoms with Crippen LogP contribution in [0.15, 0.2) is 11.6 Å². The minimum Gasteiger partial charge on any atom is -0.465 e. The van der Waals surface area contributed by atoms with Crippen LogP contribution in [0.1, 0.15) is 85.5 Å². The van der Waals surface area contributed by atoms with Crippen molar-refractivity contribution in [3.63, 3.8) is 0 Å². The number of hydrogen-bond acceptors (Lipinski definition) is 15. The number of aliphatic hydroxyl groups is 7. The second-order valence-corrected chi connectivity index (χ2v) is 17.6. The van der Waals surface area contributed by atoms with Gasteiger partial charge >= 0.3 is 17.9 Å². The molecule has 0 radical (unpaired) electrons. The van der Waals surface area contributed by atoms with Gasteiger partial charge in [0.15, 0.2) is 6.29 Å². The van der Waals surface area contributed by atoms with Crippen LogP contribution in [0, 0.1) is 46.3 Å². The van der Waals surface area contributed by atoms with Gasteiger partial charge in [-0.15, -0.1) is 0 Å². The molecule has 17 atom stereocenters. The van der Waals surface area contributed by atoms with E-state index in [1.807, 2.05) is 20.8 Å². The predicted molar refractivity (Wildman–Crippen MR) is 187 cm³/mol. The van der Waals surface area contributed by atoms with Crippen molar-refractivity contribution < 1.29 is 73.8 Å². The fraction of sp³-hybridized carbons (Fsp3) is 0.872. The summed E-state index contributed by atoms with van der Waals surface area (Å²) in [5, 5.41) is 77.4. The van der Waals surface area contributed by atoms with Crippen molar-refractivity contribution in [2.75, 3.05) is 26.4 Å². The van der Waals surface area contributed by atoms with Gasteiger partial charge in [-0.3, -0.25) is 9.59 Å². The summed E-state index contributed by atoms with van der Waals surface area (Å²) in [4.78, 5) is 32.3. The highest BCUT2D eigenvalue weighted by molar-refractivity contribution is 5.85. The molecule has 17 unspecified atom stereocenters. The molecule has 8 rings (SSSR count). The standard InChI is InChI=1S/C29H44O11.2C5H8O2/c1-13-23(34)24(35)25(36)26(39-13)40-16-8-15-3-4-18-22(28(15,12-30)20(32)9-16)19(31)10-27(2)17(5-6-29(18,27)37)14-7-21(33)38-11-14;2*1-4-2-5(6)7-3-4/h7,13,15-20,22-26,30-32,34-37H,3-6,8-12H2,1-2H3;2*4H,2-3H2,1H3. The zero-order chi connectivity index (χ0) is 39.3. The predicted octanol–water partition coefficient (Wildman–Crippen LogP) is 0.509. The number of cyclic esters (lactones) is 3. The van der Waals surface area contributed by atoms with Crippen LogP contribution in [0.3, 0.4) is 0 Å². The maximum Gasteiger partial charge on any atom is 0.331 e. The molecular weight excluding hydrogens is 708 g/mol. The van der Waals surface area contributed by atoms with E-state index >= 15 is 0 Å². The molecule has 0 aromatic carbocycles. The molecule has 0 aromatic rings. The molecule has 3 saturated heterocycles. The van der Waals surface area contributed by atoms with E-state index in [0.717, 1.165) is 5.57 Å². The van der Waals surface area contributed by atoms with Crippen LogP contribution in [0.2, 0.25) is 0 Å². The molecule has 7 N–H and O–H groups in total. The molecule has 0 bridgehead atoms. The second kappa shape index (κ2) is 16.0. The number of hydrogen-bond donors (Lipinski definition) is 7. The lowest BCUT2D eigenvalue weighted by Crippen LogP contribution is -2.70. The lowest BCUT2D eigenvalue weighted by Gasteiger charge is -2.66. The molecule has 0 spiro atoms. The van der Waals surface area contributed by atoms with Gasteiger partial charge in [-0.2, -0.15) is 0 Å². The smallest absolute Gasteiger partial charge is 0.331 e. The monoisotopic (exact) mass is 768 g/mol. The van der Waals surface area contributed by atoms with Crippen LogP contribution < -0.4 is 0 Å². The molecule has 15 nitrogen and oxygen atoms in total. The summed E-state index contributed by atoms with van der Waals surface area (Å²) in [6, 6.07) is 0. The summed E-state index contributed by atoms with van der Waals surface area (Å²) in [6.07, 6.45) is -2.57. The van der Waals surface area contributed by atoms with Crippen LogP contribution in [0.4, 0.5) is 0 Å². The Morgan fingerprint density at radius 1 is 0.852 bits per heavy atom. The van der Waals surface area contributed by atoms with E-state index in [1.54, 1.807) is 6.92 Å². The van der Waals surface area contributed by atoms with Gasteiger partial charge in [-0.25, -0.2) is 4.79 Å². The molecule has 7 fully saturated rings. The average Bonchev–Trinajstić information content (AvgIpc) is 3.89. The SMILES string of the molecule is CC1COC(=O)C1.CC1COC(=O)C1.CC1OC(OC2CC(O)C3(CO)C(CCC4C3C(O)CC3(C)C(C5=CC(=O)OC5)CCC43O)C2)C(O)C(O)C1O. The summed E-state index contributed by atoms with van der Waals surface area (Å²) in [5.74, 6) is -0.773. The van der Waals surface area contributed by atoms with E-state index in [9.17, 15) is 50.1 Å². The van der Waals surface area contributed by atoms with Crippen molar-refractivity contribution in [1.82, 2.24) is 0 Å². The van der Waals surface area contributed by atoms with Gasteiger partial charge in [0, 0.05) is 41.1 Å². The molecule has 15 heteroatoms. The van der Waals surface area contributed by atoms with E-state index in [1.165, 1.54) is 6.08 Å². The van der Waals surface area contributed by atoms with Gasteiger partial charge in [0.25, 0.3) is 0 Å². The largest absolute Gasteiger partial charge is 0.465 e. The lowest BCUT2D eigenvalue weighted by atomic mass is 9.41. The molecule has 306 valence electrons. The Morgan fingerprint density at radius 3 is 2.02 bits per heavy atom. The minimum absolute atomic E-state index is 0.0486. The Labute approximate surface area is 315 Å². The zero-order valence-corrected chi connectivity index (χ0v) is 31.7. The normalized spacial score (nSPS) is 49.5. The van der Waals surface area contributed by atoms with Crippen LogP contribution in [0.5, 0.6) is 0 Å². The average molecular weight is 769 g/mol. The Morgan fingerprint density at radius 2 is 1.50 bits per heavy atom. The van der Waals surface area contributed by atoms with Gasteiger partial charge in [-0.05, 0) is 68.8 Å². The molecule has 8 aliphatic rings. The van der Waals surface area contributed by atoms with Crippen molar-refractivity contribution in [2.24, 2.45) is 46.3 Å². The summed E-state index contributed by atoms with van der Waals surface area (Å²) >= 11 is 0. The highest BCUT2D eigenvalue weighted by Crippen LogP contribution is 2.70. The Balaban J connectivity index is 0.000000296. The fourth-order valence-electron chi connectivity index (χ4n) is 11.3. The van der Waals surface area contributed by atoms with Crippen molar-refractivity contribution in [2.45, 2.75) is 140 Å². The highest BCUT2D eigenvalue weighted by Gasteiger charge is 2.72. The molecule has 0 amide bonds. The molecular formula is C39H60O15. The third-order valence-corrected chi connectivity index (χ3v) is 14.2. The van der Waals surface area contributed by atoms with E-state index in [2.05, 4.69) is 9.47 Å². The Kier molecular flexibility index (Phi) is 12.3. The third-order valence-electron chi connectivity index (χ3n) is 14.2. The Bertz CT molecular complexity index is 1400. The number of rotatable bonds is 4. The van der Waals surface area contributed by atoms with E-state index in [4.69, 9.17) is 14.2 Å². The quantitative estimate of drug-likeness (QED) is 0.117. The summed E-state index contributed by atoms with van der Waals surface area (Å²) < 4.78 is 26.1. The van der Waals surface area contributed by atoms with Crippen molar-refractivity contribution in [3.05, 3.63) is 11.6 Å². The molecule has 0 aromatic heterocycles. The number of ether oxygens (including phenoxy) is 5. The van der Waals surface area contributed by atoms with Gasteiger partial charge < -0.3 is 59.4 Å². The van der Waals surface area contributed by atoms with Crippen molar-refractivity contribution in [1.29, 1.82) is 0 Å². The van der Waals surface area contributed by atoms with Crippen LogP contribution in [0.25, 0.3) is 0 Å². The Hall–Kier alpha value is -2.21. The minimum atomic E-state index is -1.46. The first-order chi connectivity index (χ1) is 25.4. The number of carbonyl (C=O) groups is 3. The van der Waals surface area contributed by atoms with Gasteiger partial charge in [0.05, 0.1) is 62.7 Å². The number of aliphatic hydroxyl groups excluding tert-OH is 6. The third kappa shape index (κ3) is 7.37. The van der Waals surface area contributed by atoms with Crippen LogP contribution >= 0.6 is 0 Å². The lowest BCUT2D eigenvalue weighted by molar-refractivity contribution is -0.320. The zero-order valence-electron chi connectivity index (χ0n) is 31.7. The molecule has 4 heterocycles. The molecule has 54 heavy (non-hydrogen) atoms. The first-order valence-corrected chi connectivity index (χ1v) is 19.7. The topological polar surface area (TPSA) is 239 Å². The highest BCUT2D eigenvalue weighted by atomic mass is 16.7. The molecule has 4 aliphatic heterocycles. The number of esters is 3. The maximum absolute atomic E-state index is 12.4. The summed E-state index contributed by atoms with van der Waals surface area (Å²) in [5.41, 5.74) is -2.01. The molecule has 4 aliphatic carbocycles. The van der Waals surface area contributed by atoms with E-state index in [0.29, 0.717) is 70.0 Å². The van der Waals surface area contributed by atoms with E-state index in [-0.39, 0.29) is 61.7 Å². The molecule has 4 saturated carbocycles. The maximum atomic E-state index is 12.4. The second-order valence-electron chi connectivity index (χ2n) is 17.6. The van der Waals surface area contributed by atoms with Crippen molar-refractivity contribution in [3.8, 4) is 0 Å². The van der Waals surface area contributed by atoms with Crippen molar-refractivity contribution >= 4 is 17.9 Å². The van der Waals surface area contributed by atoms with Gasteiger partial charge in [-0.1, -0.05) is 20.8 Å². The fourth-order valence-corrected chi connectivity index (χ4v) is 11.3. The first kappa shape index (κ1) is 41.4. The number of carbonyl (C=O) groups excluding carboxylic acids is 3. The summed E-state index contributed by atoms with van der Waals surface area (Å²) in [7, 11) is 0. The number of fused-ring (bicyclic) bond motifs is 5. The van der Waals surface area contributed by atoms with E-state index < -0.39 is 71.4 Å².